The SMILES string of the molecule is Cc1nc(-c2ccccc2)nc2c1COC[C@]21CCN(S(=O)(=O)N(C)C)C1. The fourth-order valence-corrected chi connectivity index (χ4v) is 5.11. The maximum atomic E-state index is 12.6. The van der Waals surface area contributed by atoms with E-state index >= 15 is 0 Å². The summed E-state index contributed by atoms with van der Waals surface area (Å²) in [7, 11) is -0.337. The van der Waals surface area contributed by atoms with Crippen LogP contribution < -0.4 is 0 Å². The minimum atomic E-state index is -3.46. The number of rotatable bonds is 3. The topological polar surface area (TPSA) is 75.6 Å². The van der Waals surface area contributed by atoms with Crippen LogP contribution in [-0.2, 0) is 27.0 Å². The second kappa shape index (κ2) is 6.63. The number of aryl methyl sites for hydroxylation is 1. The van der Waals surface area contributed by atoms with Crippen molar-refractivity contribution in [2.75, 3.05) is 33.8 Å². The van der Waals surface area contributed by atoms with Gasteiger partial charge in [0.1, 0.15) is 0 Å². The van der Waals surface area contributed by atoms with Crippen LogP contribution in [0, 0.1) is 6.92 Å². The third-order valence-corrected chi connectivity index (χ3v) is 7.37. The Balaban J connectivity index is 1.79. The number of ether oxygens (including phenoxy) is 1. The first-order valence-electron chi connectivity index (χ1n) is 9.02. The van der Waals surface area contributed by atoms with Gasteiger partial charge in [-0.3, -0.25) is 0 Å². The van der Waals surface area contributed by atoms with Crippen molar-refractivity contribution in [3.8, 4) is 11.4 Å². The van der Waals surface area contributed by atoms with Crippen LogP contribution in [0.2, 0.25) is 0 Å². The van der Waals surface area contributed by atoms with Gasteiger partial charge in [0.15, 0.2) is 5.82 Å². The third-order valence-electron chi connectivity index (χ3n) is 5.48. The van der Waals surface area contributed by atoms with Crippen molar-refractivity contribution < 1.29 is 13.2 Å². The Kier molecular flexibility index (Phi) is 4.54. The van der Waals surface area contributed by atoms with Crippen molar-refractivity contribution in [1.82, 2.24) is 18.6 Å². The summed E-state index contributed by atoms with van der Waals surface area (Å²) in [6, 6.07) is 9.88. The number of fused-ring (bicyclic) bond motifs is 2. The lowest BCUT2D eigenvalue weighted by molar-refractivity contribution is 0.0525. The Morgan fingerprint density at radius 1 is 1.19 bits per heavy atom. The van der Waals surface area contributed by atoms with E-state index in [1.807, 2.05) is 37.3 Å². The molecule has 1 aromatic carbocycles. The van der Waals surface area contributed by atoms with Gasteiger partial charge in [-0.1, -0.05) is 30.3 Å². The predicted octanol–water partition coefficient (Wildman–Crippen LogP) is 1.73. The fourth-order valence-electron chi connectivity index (χ4n) is 3.91. The maximum absolute atomic E-state index is 12.6. The molecule has 0 bridgehead atoms. The molecule has 27 heavy (non-hydrogen) atoms. The van der Waals surface area contributed by atoms with Crippen LogP contribution >= 0.6 is 0 Å². The predicted molar refractivity (Wildman–Crippen MR) is 102 cm³/mol. The zero-order valence-corrected chi connectivity index (χ0v) is 16.7. The Labute approximate surface area is 160 Å². The normalized spacial score (nSPS) is 23.1. The molecule has 0 amide bonds. The van der Waals surface area contributed by atoms with Crippen LogP contribution in [0.5, 0.6) is 0 Å². The van der Waals surface area contributed by atoms with Crippen molar-refractivity contribution in [3.63, 3.8) is 0 Å². The smallest absolute Gasteiger partial charge is 0.281 e. The monoisotopic (exact) mass is 388 g/mol. The summed E-state index contributed by atoms with van der Waals surface area (Å²) in [5.41, 5.74) is 3.36. The molecule has 0 aliphatic carbocycles. The van der Waals surface area contributed by atoms with Crippen molar-refractivity contribution in [1.29, 1.82) is 0 Å². The van der Waals surface area contributed by atoms with Gasteiger partial charge in [-0.25, -0.2) is 9.97 Å². The second-order valence-electron chi connectivity index (χ2n) is 7.47. The highest BCUT2D eigenvalue weighted by Gasteiger charge is 2.48. The molecule has 0 unspecified atom stereocenters. The Hall–Kier alpha value is -1.87. The molecule has 1 saturated heterocycles. The number of benzene rings is 1. The summed E-state index contributed by atoms with van der Waals surface area (Å²) in [5, 5.41) is 0. The van der Waals surface area contributed by atoms with Gasteiger partial charge in [0, 0.05) is 44.0 Å². The zero-order valence-electron chi connectivity index (χ0n) is 15.8. The van der Waals surface area contributed by atoms with Crippen LogP contribution in [0.1, 0.15) is 23.4 Å². The molecule has 0 saturated carbocycles. The molecule has 4 rings (SSSR count). The van der Waals surface area contributed by atoms with E-state index < -0.39 is 15.6 Å². The minimum Gasteiger partial charge on any atom is -0.376 e. The van der Waals surface area contributed by atoms with Gasteiger partial charge in [-0.2, -0.15) is 17.0 Å². The molecule has 3 heterocycles. The van der Waals surface area contributed by atoms with E-state index in [9.17, 15) is 8.42 Å². The Morgan fingerprint density at radius 3 is 2.63 bits per heavy atom. The quantitative estimate of drug-likeness (QED) is 0.800. The highest BCUT2D eigenvalue weighted by atomic mass is 32.2. The lowest BCUT2D eigenvalue weighted by Crippen LogP contribution is -2.44. The molecule has 1 aromatic heterocycles. The van der Waals surface area contributed by atoms with Crippen LogP contribution in [0.25, 0.3) is 11.4 Å². The molecule has 2 aromatic rings. The zero-order chi connectivity index (χ0) is 19.2. The lowest BCUT2D eigenvalue weighted by Gasteiger charge is -2.35. The van der Waals surface area contributed by atoms with Crippen molar-refractivity contribution in [2.45, 2.75) is 25.4 Å². The molecule has 8 heteroatoms. The van der Waals surface area contributed by atoms with Gasteiger partial charge in [0.05, 0.1) is 24.3 Å². The van der Waals surface area contributed by atoms with Crippen LogP contribution in [-0.4, -0.2) is 60.8 Å². The van der Waals surface area contributed by atoms with E-state index in [2.05, 4.69) is 4.98 Å². The molecule has 2 aliphatic rings. The highest BCUT2D eigenvalue weighted by molar-refractivity contribution is 7.86. The summed E-state index contributed by atoms with van der Waals surface area (Å²) < 4.78 is 33.9. The van der Waals surface area contributed by atoms with E-state index in [1.54, 1.807) is 14.1 Å². The van der Waals surface area contributed by atoms with Crippen molar-refractivity contribution in [2.24, 2.45) is 0 Å². The summed E-state index contributed by atoms with van der Waals surface area (Å²) >= 11 is 0. The molecule has 0 radical (unpaired) electrons. The fraction of sp³-hybridized carbons (Fsp3) is 0.474. The van der Waals surface area contributed by atoms with E-state index in [0.29, 0.717) is 38.5 Å². The largest absolute Gasteiger partial charge is 0.376 e. The molecule has 1 fully saturated rings. The molecular weight excluding hydrogens is 364 g/mol. The molecule has 7 nitrogen and oxygen atoms in total. The average Bonchev–Trinajstić information content (AvgIpc) is 3.08. The third kappa shape index (κ3) is 3.06. The summed E-state index contributed by atoms with van der Waals surface area (Å²) in [5.74, 6) is 0.682. The molecule has 2 aliphatic heterocycles. The Bertz CT molecular complexity index is 962. The van der Waals surface area contributed by atoms with Gasteiger partial charge < -0.3 is 4.74 Å². The maximum Gasteiger partial charge on any atom is 0.281 e. The average molecular weight is 388 g/mol. The van der Waals surface area contributed by atoms with E-state index in [1.165, 1.54) is 8.61 Å². The van der Waals surface area contributed by atoms with Crippen LogP contribution in [0.15, 0.2) is 30.3 Å². The minimum absolute atomic E-state index is 0.380. The van der Waals surface area contributed by atoms with Crippen molar-refractivity contribution >= 4 is 10.2 Å². The number of nitrogens with zero attached hydrogens (tertiary/aromatic N) is 4. The second-order valence-corrected chi connectivity index (χ2v) is 9.62. The van der Waals surface area contributed by atoms with Crippen molar-refractivity contribution in [3.05, 3.63) is 47.3 Å². The summed E-state index contributed by atoms with van der Waals surface area (Å²) in [6.07, 6.45) is 0.692. The summed E-state index contributed by atoms with van der Waals surface area (Å²) in [4.78, 5) is 9.59. The van der Waals surface area contributed by atoms with Gasteiger partial charge in [0.25, 0.3) is 10.2 Å². The van der Waals surface area contributed by atoms with Gasteiger partial charge in [-0.05, 0) is 13.3 Å². The Morgan fingerprint density at radius 2 is 1.93 bits per heavy atom. The highest BCUT2D eigenvalue weighted by Crippen LogP contribution is 2.41. The first-order chi connectivity index (χ1) is 12.8. The van der Waals surface area contributed by atoms with Gasteiger partial charge in [-0.15, -0.1) is 0 Å². The van der Waals surface area contributed by atoms with Gasteiger partial charge >= 0.3 is 0 Å². The first-order valence-corrected chi connectivity index (χ1v) is 10.4. The van der Waals surface area contributed by atoms with Gasteiger partial charge in [0.2, 0.25) is 0 Å². The standard InChI is InChI=1S/C19H24N4O3S/c1-14-16-11-26-13-19(9-10-23(12-19)27(24,25)22(2)3)17(16)21-18(20-14)15-7-5-4-6-8-15/h4-8H,9-13H2,1-3H3/t19-/m1/s1. The van der Waals surface area contributed by atoms with E-state index in [0.717, 1.165) is 22.5 Å². The number of aromatic nitrogens is 2. The number of hydrogen-bond donors (Lipinski definition) is 0. The first kappa shape index (κ1) is 18.5. The summed E-state index contributed by atoms with van der Waals surface area (Å²) in [6.45, 7) is 3.76. The number of hydrogen-bond acceptors (Lipinski definition) is 5. The van der Waals surface area contributed by atoms with E-state index in [4.69, 9.17) is 9.72 Å². The van der Waals surface area contributed by atoms with Crippen LogP contribution in [0.3, 0.4) is 0 Å². The molecule has 144 valence electrons. The molecule has 1 spiro atoms. The molecular formula is C19H24N4O3S. The molecule has 1 atom stereocenters. The van der Waals surface area contributed by atoms with Crippen LogP contribution in [0.4, 0.5) is 0 Å². The lowest BCUT2D eigenvalue weighted by atomic mass is 9.80. The van der Waals surface area contributed by atoms with E-state index in [-0.39, 0.29) is 0 Å². The molecule has 0 N–H and O–H groups in total.